The van der Waals surface area contributed by atoms with E-state index in [9.17, 15) is 0 Å². The molecular weight excluding hydrogens is 198 g/mol. The second-order valence-electron chi connectivity index (χ2n) is 2.92. The Kier molecular flexibility index (Phi) is 2.58. The molecule has 0 spiro atoms. The van der Waals surface area contributed by atoms with Gasteiger partial charge in [-0.3, -0.25) is 0 Å². The van der Waals surface area contributed by atoms with Crippen LogP contribution in [0.3, 0.4) is 0 Å². The minimum absolute atomic E-state index is 0.165. The predicted molar refractivity (Wildman–Crippen MR) is 61.3 cm³/mol. The first-order chi connectivity index (χ1) is 6.27. The second kappa shape index (κ2) is 3.70. The Morgan fingerprint density at radius 1 is 1.38 bits per heavy atom. The van der Waals surface area contributed by atoms with E-state index in [1.165, 1.54) is 15.0 Å². The van der Waals surface area contributed by atoms with Crippen LogP contribution in [0.25, 0.3) is 10.1 Å². The zero-order valence-electron chi connectivity index (χ0n) is 7.36. The molecule has 1 atom stereocenters. The molecule has 2 N–H and O–H groups in total. The molecular formula is C10H11NS2. The summed E-state index contributed by atoms with van der Waals surface area (Å²) >= 11 is 3.50. The van der Waals surface area contributed by atoms with Crippen LogP contribution in [-0.2, 0) is 0 Å². The van der Waals surface area contributed by atoms with Gasteiger partial charge in [-0.05, 0) is 13.0 Å². The van der Waals surface area contributed by atoms with Gasteiger partial charge in [0.25, 0.3) is 0 Å². The third-order valence-corrected chi connectivity index (χ3v) is 3.83. The third-order valence-electron chi connectivity index (χ3n) is 1.76. The summed E-state index contributed by atoms with van der Waals surface area (Å²) in [7, 11) is 0. The van der Waals surface area contributed by atoms with Crippen molar-refractivity contribution < 1.29 is 0 Å². The number of thioether (sulfide) groups is 1. The van der Waals surface area contributed by atoms with Crippen molar-refractivity contribution in [1.29, 1.82) is 0 Å². The van der Waals surface area contributed by atoms with E-state index in [1.807, 2.05) is 6.92 Å². The maximum atomic E-state index is 5.74. The topological polar surface area (TPSA) is 26.0 Å². The number of nitrogens with two attached hydrogens (primary N) is 1. The summed E-state index contributed by atoms with van der Waals surface area (Å²) in [5.41, 5.74) is 5.74. The minimum Gasteiger partial charge on any atom is -0.319 e. The fraction of sp³-hybridized carbons (Fsp3) is 0.200. The lowest BCUT2D eigenvalue weighted by atomic mass is 10.3. The van der Waals surface area contributed by atoms with E-state index in [2.05, 4.69) is 29.6 Å². The summed E-state index contributed by atoms with van der Waals surface area (Å²) < 4.78 is 1.34. The molecule has 0 aliphatic carbocycles. The van der Waals surface area contributed by atoms with Crippen molar-refractivity contribution >= 4 is 33.2 Å². The van der Waals surface area contributed by atoms with Crippen LogP contribution in [0.5, 0.6) is 0 Å². The van der Waals surface area contributed by atoms with Crippen molar-refractivity contribution in [2.24, 2.45) is 5.73 Å². The molecule has 1 heterocycles. The number of rotatable bonds is 2. The summed E-state index contributed by atoms with van der Waals surface area (Å²) in [5, 5.41) is 3.67. The first-order valence-corrected chi connectivity index (χ1v) is 5.92. The van der Waals surface area contributed by atoms with Gasteiger partial charge in [0.1, 0.15) is 0 Å². The molecule has 68 valence electrons. The maximum absolute atomic E-state index is 5.74. The highest BCUT2D eigenvalue weighted by Crippen LogP contribution is 2.33. The fourth-order valence-electron chi connectivity index (χ4n) is 1.24. The number of benzene rings is 1. The van der Waals surface area contributed by atoms with Crippen molar-refractivity contribution in [2.75, 3.05) is 0 Å². The van der Waals surface area contributed by atoms with Gasteiger partial charge in [0, 0.05) is 20.4 Å². The standard InChI is InChI=1S/C10H11NS2/c1-7(11)13-10-6-12-9-5-3-2-4-8(9)10/h2-7H,11H2,1H3. The minimum atomic E-state index is 0.165. The molecule has 1 unspecified atom stereocenters. The first-order valence-electron chi connectivity index (χ1n) is 4.16. The van der Waals surface area contributed by atoms with Crippen LogP contribution in [0, 0.1) is 0 Å². The van der Waals surface area contributed by atoms with Gasteiger partial charge in [0.15, 0.2) is 0 Å². The summed E-state index contributed by atoms with van der Waals surface area (Å²) in [6.45, 7) is 2.01. The average molecular weight is 209 g/mol. The van der Waals surface area contributed by atoms with E-state index in [0.29, 0.717) is 0 Å². The summed E-state index contributed by atoms with van der Waals surface area (Å²) in [6.07, 6.45) is 0. The lowest BCUT2D eigenvalue weighted by Gasteiger charge is -2.02. The largest absolute Gasteiger partial charge is 0.319 e. The first kappa shape index (κ1) is 9.06. The SMILES string of the molecule is CC(N)Sc1csc2ccccc12. The monoisotopic (exact) mass is 209 g/mol. The molecule has 1 aromatic heterocycles. The molecule has 0 aliphatic heterocycles. The van der Waals surface area contributed by atoms with Gasteiger partial charge < -0.3 is 5.73 Å². The van der Waals surface area contributed by atoms with Crippen LogP contribution in [0.1, 0.15) is 6.92 Å². The van der Waals surface area contributed by atoms with Crippen LogP contribution in [0.4, 0.5) is 0 Å². The smallest absolute Gasteiger partial charge is 0.0526 e. The van der Waals surface area contributed by atoms with E-state index in [0.717, 1.165) is 0 Å². The molecule has 1 aromatic carbocycles. The van der Waals surface area contributed by atoms with Gasteiger partial charge >= 0.3 is 0 Å². The highest BCUT2D eigenvalue weighted by molar-refractivity contribution is 8.00. The van der Waals surface area contributed by atoms with E-state index in [4.69, 9.17) is 5.73 Å². The number of fused-ring (bicyclic) bond motifs is 1. The molecule has 2 aromatic rings. The average Bonchev–Trinajstić information content (AvgIpc) is 2.48. The van der Waals surface area contributed by atoms with Crippen LogP contribution >= 0.6 is 23.1 Å². The van der Waals surface area contributed by atoms with E-state index >= 15 is 0 Å². The Labute approximate surface area is 85.9 Å². The molecule has 3 heteroatoms. The molecule has 0 fully saturated rings. The zero-order chi connectivity index (χ0) is 9.26. The molecule has 0 saturated carbocycles. The molecule has 0 saturated heterocycles. The molecule has 0 amide bonds. The molecule has 2 rings (SSSR count). The van der Waals surface area contributed by atoms with Gasteiger partial charge in [-0.15, -0.1) is 23.1 Å². The van der Waals surface area contributed by atoms with Crippen molar-refractivity contribution in [2.45, 2.75) is 17.2 Å². The van der Waals surface area contributed by atoms with Gasteiger partial charge in [-0.2, -0.15) is 0 Å². The van der Waals surface area contributed by atoms with E-state index < -0.39 is 0 Å². The number of thiophene rings is 1. The van der Waals surface area contributed by atoms with E-state index in [1.54, 1.807) is 23.1 Å². The zero-order valence-corrected chi connectivity index (χ0v) is 8.99. The van der Waals surface area contributed by atoms with Crippen molar-refractivity contribution in [3.8, 4) is 0 Å². The molecule has 0 aliphatic rings. The summed E-state index contributed by atoms with van der Waals surface area (Å²) in [6, 6.07) is 8.43. The highest BCUT2D eigenvalue weighted by atomic mass is 32.2. The highest BCUT2D eigenvalue weighted by Gasteiger charge is 2.05. The molecule has 0 radical (unpaired) electrons. The van der Waals surface area contributed by atoms with Crippen LogP contribution in [0.2, 0.25) is 0 Å². The van der Waals surface area contributed by atoms with Crippen LogP contribution in [0.15, 0.2) is 34.5 Å². The molecule has 1 nitrogen and oxygen atoms in total. The van der Waals surface area contributed by atoms with E-state index in [-0.39, 0.29) is 5.37 Å². The number of hydrogen-bond donors (Lipinski definition) is 1. The summed E-state index contributed by atoms with van der Waals surface area (Å²) in [5.74, 6) is 0. The van der Waals surface area contributed by atoms with Gasteiger partial charge in [-0.1, -0.05) is 18.2 Å². The third kappa shape index (κ3) is 1.88. The Hall–Kier alpha value is -0.510. The quantitative estimate of drug-likeness (QED) is 0.606. The van der Waals surface area contributed by atoms with Crippen LogP contribution in [-0.4, -0.2) is 5.37 Å². The molecule has 13 heavy (non-hydrogen) atoms. The lowest BCUT2D eigenvalue weighted by molar-refractivity contribution is 1.05. The lowest BCUT2D eigenvalue weighted by Crippen LogP contribution is -2.08. The Morgan fingerprint density at radius 3 is 2.92 bits per heavy atom. The van der Waals surface area contributed by atoms with Gasteiger partial charge in [0.05, 0.1) is 5.37 Å². The Balaban J connectivity index is 2.46. The van der Waals surface area contributed by atoms with Gasteiger partial charge in [0.2, 0.25) is 0 Å². The van der Waals surface area contributed by atoms with Crippen molar-refractivity contribution in [1.82, 2.24) is 0 Å². The Bertz CT molecular complexity index is 406. The summed E-state index contributed by atoms with van der Waals surface area (Å²) in [4.78, 5) is 1.30. The predicted octanol–water partition coefficient (Wildman–Crippen LogP) is 3.30. The second-order valence-corrected chi connectivity index (χ2v) is 5.25. The fourth-order valence-corrected chi connectivity index (χ4v) is 3.20. The van der Waals surface area contributed by atoms with Crippen molar-refractivity contribution in [3.05, 3.63) is 29.6 Å². The normalized spacial score (nSPS) is 13.4. The number of hydrogen-bond acceptors (Lipinski definition) is 3. The van der Waals surface area contributed by atoms with Crippen LogP contribution < -0.4 is 5.73 Å². The molecule has 0 bridgehead atoms. The maximum Gasteiger partial charge on any atom is 0.0526 e. The van der Waals surface area contributed by atoms with Crippen molar-refractivity contribution in [3.63, 3.8) is 0 Å². The Morgan fingerprint density at radius 2 is 2.15 bits per heavy atom. The van der Waals surface area contributed by atoms with Gasteiger partial charge in [-0.25, -0.2) is 0 Å².